The number of hydrogen-bond donors (Lipinski definition) is 0. The highest BCUT2D eigenvalue weighted by atomic mass is 16.5. The molecule has 5 rings (SSSR count). The molecule has 0 aliphatic carbocycles. The summed E-state index contributed by atoms with van der Waals surface area (Å²) in [7, 11) is 0. The summed E-state index contributed by atoms with van der Waals surface area (Å²) in [6.45, 7) is 4.68. The van der Waals surface area contributed by atoms with Crippen molar-refractivity contribution in [2.75, 3.05) is 37.7 Å². The smallest absolute Gasteiger partial charge is 0.268 e. The fourth-order valence-electron chi connectivity index (χ4n) is 4.56. The molecule has 1 amide bonds. The molecule has 0 saturated carbocycles. The normalized spacial score (nSPS) is 18.6. The van der Waals surface area contributed by atoms with E-state index in [0.29, 0.717) is 19.6 Å². The molecular weight excluding hydrogens is 412 g/mol. The molecule has 5 nitrogen and oxygen atoms in total. The number of hydrogen-bond acceptors (Lipinski definition) is 4. The van der Waals surface area contributed by atoms with Crippen LogP contribution in [0.5, 0.6) is 11.5 Å². The highest BCUT2D eigenvalue weighted by Crippen LogP contribution is 2.28. The number of likely N-dealkylation sites (tertiary alicyclic amines) is 1. The third-order valence-electron chi connectivity index (χ3n) is 6.42. The average molecular weight is 443 g/mol. The van der Waals surface area contributed by atoms with E-state index in [2.05, 4.69) is 17.0 Å². The van der Waals surface area contributed by atoms with Crippen LogP contribution in [0.3, 0.4) is 0 Å². The predicted molar refractivity (Wildman–Crippen MR) is 131 cm³/mol. The molecule has 2 heterocycles. The Kier molecular flexibility index (Phi) is 6.58. The van der Waals surface area contributed by atoms with Gasteiger partial charge < -0.3 is 14.4 Å². The third kappa shape index (κ3) is 5.20. The molecule has 1 atom stereocenters. The van der Waals surface area contributed by atoms with Crippen molar-refractivity contribution in [2.24, 2.45) is 0 Å². The van der Waals surface area contributed by atoms with Crippen LogP contribution in [0.4, 0.5) is 5.69 Å². The van der Waals surface area contributed by atoms with E-state index in [9.17, 15) is 4.79 Å². The quantitative estimate of drug-likeness (QED) is 0.492. The van der Waals surface area contributed by atoms with Crippen LogP contribution in [-0.2, 0) is 4.79 Å². The van der Waals surface area contributed by atoms with Crippen molar-refractivity contribution in [1.82, 2.24) is 4.90 Å². The van der Waals surface area contributed by atoms with E-state index < -0.39 is 6.10 Å². The summed E-state index contributed by atoms with van der Waals surface area (Å²) in [5, 5.41) is 0. The zero-order chi connectivity index (χ0) is 22.5. The van der Waals surface area contributed by atoms with Gasteiger partial charge in [0, 0.05) is 25.2 Å². The Morgan fingerprint density at radius 2 is 1.42 bits per heavy atom. The molecule has 0 spiro atoms. The second kappa shape index (κ2) is 10.1. The number of benzene rings is 3. The van der Waals surface area contributed by atoms with Crippen LogP contribution in [0.25, 0.3) is 11.1 Å². The average Bonchev–Trinajstić information content (AvgIpc) is 3.51. The minimum atomic E-state index is -0.455. The second-order valence-corrected chi connectivity index (χ2v) is 8.67. The van der Waals surface area contributed by atoms with E-state index in [1.165, 1.54) is 25.9 Å². The van der Waals surface area contributed by atoms with Crippen LogP contribution < -0.4 is 14.4 Å². The summed E-state index contributed by atoms with van der Waals surface area (Å²) in [4.78, 5) is 17.2. The van der Waals surface area contributed by atoms with Crippen LogP contribution in [0.15, 0.2) is 78.9 Å². The minimum absolute atomic E-state index is 0.00448. The maximum absolute atomic E-state index is 13.0. The first-order valence-corrected chi connectivity index (χ1v) is 11.8. The van der Waals surface area contributed by atoms with Gasteiger partial charge in [-0.3, -0.25) is 9.69 Å². The van der Waals surface area contributed by atoms with Gasteiger partial charge in [0.25, 0.3) is 5.91 Å². The van der Waals surface area contributed by atoms with Gasteiger partial charge in [0.1, 0.15) is 18.1 Å². The molecule has 33 heavy (non-hydrogen) atoms. The first kappa shape index (κ1) is 21.5. The van der Waals surface area contributed by atoms with E-state index in [0.717, 1.165) is 34.9 Å². The summed E-state index contributed by atoms with van der Waals surface area (Å²) in [5.74, 6) is 1.57. The standard InChI is InChI=1S/C28H30N2O3/c31-28-27(33-26-12-8-23(9-13-26)22-6-2-1-3-7-22)16-19-30(28)24-10-14-25(15-11-24)32-21-20-29-17-4-5-18-29/h1-3,6-15,27H,4-5,16-21H2. The van der Waals surface area contributed by atoms with Crippen molar-refractivity contribution in [1.29, 1.82) is 0 Å². The fourth-order valence-corrected chi connectivity index (χ4v) is 4.56. The zero-order valence-corrected chi connectivity index (χ0v) is 18.9. The Bertz CT molecular complexity index is 1040. The lowest BCUT2D eigenvalue weighted by Crippen LogP contribution is -2.32. The lowest BCUT2D eigenvalue weighted by Gasteiger charge is -2.18. The Morgan fingerprint density at radius 3 is 2.15 bits per heavy atom. The predicted octanol–water partition coefficient (Wildman–Crippen LogP) is 5.01. The zero-order valence-electron chi connectivity index (χ0n) is 18.9. The molecule has 2 saturated heterocycles. The van der Waals surface area contributed by atoms with Gasteiger partial charge >= 0.3 is 0 Å². The van der Waals surface area contributed by atoms with Gasteiger partial charge in [-0.2, -0.15) is 0 Å². The molecule has 3 aromatic rings. The number of carbonyl (C=O) groups is 1. The van der Waals surface area contributed by atoms with Crippen molar-refractivity contribution in [3.05, 3.63) is 78.9 Å². The van der Waals surface area contributed by atoms with Crippen LogP contribution in [0.1, 0.15) is 19.3 Å². The lowest BCUT2D eigenvalue weighted by molar-refractivity contribution is -0.122. The van der Waals surface area contributed by atoms with Crippen LogP contribution in [0, 0.1) is 0 Å². The SMILES string of the molecule is O=C1C(Oc2ccc(-c3ccccc3)cc2)CCN1c1ccc(OCCN2CCCC2)cc1. The summed E-state index contributed by atoms with van der Waals surface area (Å²) in [5.41, 5.74) is 3.18. The summed E-state index contributed by atoms with van der Waals surface area (Å²) in [6.07, 6.45) is 2.81. The summed E-state index contributed by atoms with van der Waals surface area (Å²) >= 11 is 0. The highest BCUT2D eigenvalue weighted by molar-refractivity contribution is 5.99. The molecule has 0 aromatic heterocycles. The number of nitrogens with zero attached hydrogens (tertiary/aromatic N) is 2. The first-order valence-electron chi connectivity index (χ1n) is 11.8. The van der Waals surface area contributed by atoms with Crippen molar-refractivity contribution < 1.29 is 14.3 Å². The number of ether oxygens (including phenoxy) is 2. The molecule has 0 N–H and O–H groups in total. The molecule has 0 radical (unpaired) electrons. The Morgan fingerprint density at radius 1 is 0.758 bits per heavy atom. The Hall–Kier alpha value is -3.31. The van der Waals surface area contributed by atoms with Crippen molar-refractivity contribution in [3.63, 3.8) is 0 Å². The third-order valence-corrected chi connectivity index (χ3v) is 6.42. The molecule has 1 unspecified atom stereocenters. The van der Waals surface area contributed by atoms with Crippen molar-refractivity contribution in [3.8, 4) is 22.6 Å². The second-order valence-electron chi connectivity index (χ2n) is 8.67. The number of carbonyl (C=O) groups excluding carboxylic acids is 1. The van der Waals surface area contributed by atoms with E-state index >= 15 is 0 Å². The summed E-state index contributed by atoms with van der Waals surface area (Å²) < 4.78 is 11.9. The molecule has 170 valence electrons. The summed E-state index contributed by atoms with van der Waals surface area (Å²) in [6, 6.07) is 26.0. The number of rotatable bonds is 8. The van der Waals surface area contributed by atoms with Gasteiger partial charge in [0.05, 0.1) is 0 Å². The van der Waals surface area contributed by atoms with Gasteiger partial charge in [-0.25, -0.2) is 0 Å². The number of amides is 1. The van der Waals surface area contributed by atoms with Gasteiger partial charge in [0.15, 0.2) is 6.10 Å². The van der Waals surface area contributed by atoms with E-state index in [1.54, 1.807) is 4.90 Å². The van der Waals surface area contributed by atoms with Crippen LogP contribution >= 0.6 is 0 Å². The van der Waals surface area contributed by atoms with Crippen molar-refractivity contribution >= 4 is 11.6 Å². The molecule has 2 aliphatic rings. The Balaban J connectivity index is 1.14. The molecule has 2 fully saturated rings. The molecular formula is C28H30N2O3. The van der Waals surface area contributed by atoms with Gasteiger partial charge in [0.2, 0.25) is 0 Å². The minimum Gasteiger partial charge on any atom is -0.492 e. The topological polar surface area (TPSA) is 42.0 Å². The van der Waals surface area contributed by atoms with E-state index in [4.69, 9.17) is 9.47 Å². The molecule has 3 aromatic carbocycles. The maximum atomic E-state index is 13.0. The fraction of sp³-hybridized carbons (Fsp3) is 0.321. The first-order chi connectivity index (χ1) is 16.3. The van der Waals surface area contributed by atoms with Gasteiger partial charge in [-0.1, -0.05) is 42.5 Å². The largest absolute Gasteiger partial charge is 0.492 e. The maximum Gasteiger partial charge on any atom is 0.268 e. The monoisotopic (exact) mass is 442 g/mol. The van der Waals surface area contributed by atoms with Crippen LogP contribution in [0.2, 0.25) is 0 Å². The Labute approximate surface area is 195 Å². The molecule has 5 heteroatoms. The van der Waals surface area contributed by atoms with Gasteiger partial charge in [-0.05, 0) is 73.5 Å². The van der Waals surface area contributed by atoms with Crippen molar-refractivity contribution in [2.45, 2.75) is 25.4 Å². The van der Waals surface area contributed by atoms with E-state index in [1.807, 2.05) is 66.7 Å². The van der Waals surface area contributed by atoms with Crippen LogP contribution in [-0.4, -0.2) is 49.7 Å². The highest BCUT2D eigenvalue weighted by Gasteiger charge is 2.34. The van der Waals surface area contributed by atoms with Gasteiger partial charge in [-0.15, -0.1) is 0 Å². The molecule has 0 bridgehead atoms. The molecule has 2 aliphatic heterocycles. The lowest BCUT2D eigenvalue weighted by atomic mass is 10.1. The van der Waals surface area contributed by atoms with E-state index in [-0.39, 0.29) is 5.91 Å². The number of anilines is 1.